The highest BCUT2D eigenvalue weighted by molar-refractivity contribution is 5.79. The number of rotatable bonds is 5. The second-order valence-corrected chi connectivity index (χ2v) is 14.4. The molecule has 0 saturated heterocycles. The highest BCUT2D eigenvalue weighted by atomic mass is 16.1. The zero-order valence-electron chi connectivity index (χ0n) is 22.0. The molecule has 0 amide bonds. The predicted molar refractivity (Wildman–Crippen MR) is 134 cm³/mol. The van der Waals surface area contributed by atoms with Crippen LogP contribution in [0.2, 0.25) is 0 Å². The first kappa shape index (κ1) is 23.4. The van der Waals surface area contributed by atoms with Crippen LogP contribution in [-0.2, 0) is 4.79 Å². The van der Waals surface area contributed by atoms with Gasteiger partial charge < -0.3 is 0 Å². The standard InChI is InChI=1S/C31H52O/c1-20(2)7-6-8-21(3)28-14-11-24-18-27-22(19-31(24,28)5)9-13-29-26(27)12-10-23-17-25(32)15-16-30(23,29)4/h20-24,26-29H,6-19H2,1-5H3/t21?,22?,23-,24?,26?,27?,28+,29?,30-,31-/m0/s1. The Kier molecular flexibility index (Phi) is 6.37. The summed E-state index contributed by atoms with van der Waals surface area (Å²) in [6.45, 7) is 12.7. The number of Topliss-reactive ketones (excluding diaryl/α,β-unsaturated/α-hetero) is 1. The Bertz CT molecular complexity index is 695. The summed E-state index contributed by atoms with van der Waals surface area (Å²) in [4.78, 5) is 12.2. The van der Waals surface area contributed by atoms with E-state index in [1.807, 2.05) is 0 Å². The molecule has 182 valence electrons. The number of hydrogen-bond acceptors (Lipinski definition) is 1. The van der Waals surface area contributed by atoms with Crippen molar-refractivity contribution in [2.24, 2.45) is 64.1 Å². The van der Waals surface area contributed by atoms with Gasteiger partial charge in [0.15, 0.2) is 0 Å². The molecule has 5 rings (SSSR count). The van der Waals surface area contributed by atoms with Crippen molar-refractivity contribution < 1.29 is 4.79 Å². The molecular weight excluding hydrogens is 388 g/mol. The van der Waals surface area contributed by atoms with Crippen LogP contribution < -0.4 is 0 Å². The number of carbonyl (C=O) groups is 1. The molecule has 0 radical (unpaired) electrons. The lowest BCUT2D eigenvalue weighted by Gasteiger charge is -2.61. The lowest BCUT2D eigenvalue weighted by molar-refractivity contribution is -0.142. The summed E-state index contributed by atoms with van der Waals surface area (Å²) in [5, 5.41) is 0. The maximum Gasteiger partial charge on any atom is 0.133 e. The first-order valence-corrected chi connectivity index (χ1v) is 14.7. The number of hydrogen-bond donors (Lipinski definition) is 0. The Balaban J connectivity index is 1.28. The quantitative estimate of drug-likeness (QED) is 0.418. The van der Waals surface area contributed by atoms with Gasteiger partial charge in [-0.2, -0.15) is 0 Å². The molecule has 5 aliphatic rings. The van der Waals surface area contributed by atoms with Crippen molar-refractivity contribution in [1.82, 2.24) is 0 Å². The monoisotopic (exact) mass is 440 g/mol. The van der Waals surface area contributed by atoms with Gasteiger partial charge in [-0.25, -0.2) is 0 Å². The molecule has 0 aromatic heterocycles. The van der Waals surface area contributed by atoms with E-state index in [4.69, 9.17) is 0 Å². The van der Waals surface area contributed by atoms with Crippen molar-refractivity contribution in [2.45, 2.75) is 125 Å². The molecule has 6 unspecified atom stereocenters. The summed E-state index contributed by atoms with van der Waals surface area (Å²) in [6.07, 6.45) is 19.2. The van der Waals surface area contributed by atoms with E-state index in [9.17, 15) is 4.79 Å². The second-order valence-electron chi connectivity index (χ2n) is 14.4. The summed E-state index contributed by atoms with van der Waals surface area (Å²) in [7, 11) is 0. The smallest absolute Gasteiger partial charge is 0.133 e. The van der Waals surface area contributed by atoms with E-state index in [-0.39, 0.29) is 0 Å². The molecule has 5 aliphatic carbocycles. The molecule has 0 aromatic carbocycles. The Labute approximate surface area is 199 Å². The Hall–Kier alpha value is -0.330. The zero-order chi connectivity index (χ0) is 22.7. The summed E-state index contributed by atoms with van der Waals surface area (Å²) in [6, 6.07) is 0. The van der Waals surface area contributed by atoms with Gasteiger partial charge in [-0.05, 0) is 122 Å². The van der Waals surface area contributed by atoms with Crippen LogP contribution in [-0.4, -0.2) is 5.78 Å². The van der Waals surface area contributed by atoms with Crippen LogP contribution in [0.4, 0.5) is 0 Å². The Morgan fingerprint density at radius 2 is 1.66 bits per heavy atom. The van der Waals surface area contributed by atoms with Crippen molar-refractivity contribution in [2.75, 3.05) is 0 Å². The largest absolute Gasteiger partial charge is 0.300 e. The van der Waals surface area contributed by atoms with Crippen molar-refractivity contribution in [3.05, 3.63) is 0 Å². The molecule has 1 nitrogen and oxygen atoms in total. The average molecular weight is 441 g/mol. The third-order valence-electron chi connectivity index (χ3n) is 12.6. The van der Waals surface area contributed by atoms with E-state index >= 15 is 0 Å². The molecule has 10 atom stereocenters. The van der Waals surface area contributed by atoms with Gasteiger partial charge >= 0.3 is 0 Å². The van der Waals surface area contributed by atoms with Crippen molar-refractivity contribution >= 4 is 5.78 Å². The molecule has 32 heavy (non-hydrogen) atoms. The second kappa shape index (κ2) is 8.71. The Morgan fingerprint density at radius 1 is 0.875 bits per heavy atom. The van der Waals surface area contributed by atoms with E-state index in [1.165, 1.54) is 64.2 Å². The van der Waals surface area contributed by atoms with Gasteiger partial charge in [0.2, 0.25) is 0 Å². The average Bonchev–Trinajstić information content (AvgIpc) is 3.08. The fourth-order valence-corrected chi connectivity index (χ4v) is 10.8. The number of ketones is 1. The molecule has 0 aliphatic heterocycles. The summed E-state index contributed by atoms with van der Waals surface area (Å²) in [5.41, 5.74) is 1.11. The lowest BCUT2D eigenvalue weighted by Crippen LogP contribution is -2.54. The summed E-state index contributed by atoms with van der Waals surface area (Å²) >= 11 is 0. The van der Waals surface area contributed by atoms with Gasteiger partial charge in [0.05, 0.1) is 0 Å². The topological polar surface area (TPSA) is 17.1 Å². The van der Waals surface area contributed by atoms with Gasteiger partial charge in [0.1, 0.15) is 5.78 Å². The summed E-state index contributed by atoms with van der Waals surface area (Å²) < 4.78 is 0. The van der Waals surface area contributed by atoms with Crippen LogP contribution in [0.1, 0.15) is 125 Å². The molecule has 1 heteroatoms. The van der Waals surface area contributed by atoms with Gasteiger partial charge in [0, 0.05) is 12.8 Å². The van der Waals surface area contributed by atoms with Crippen molar-refractivity contribution in [1.29, 1.82) is 0 Å². The fourth-order valence-electron chi connectivity index (χ4n) is 10.8. The van der Waals surface area contributed by atoms with Crippen LogP contribution in [0.5, 0.6) is 0 Å². The molecule has 0 bridgehead atoms. The van der Waals surface area contributed by atoms with E-state index in [0.29, 0.717) is 22.5 Å². The molecule has 5 fully saturated rings. The van der Waals surface area contributed by atoms with Crippen molar-refractivity contribution in [3.8, 4) is 0 Å². The van der Waals surface area contributed by atoms with Gasteiger partial charge in [-0.3, -0.25) is 4.79 Å². The third kappa shape index (κ3) is 3.84. The van der Waals surface area contributed by atoms with Gasteiger partial charge in [-0.15, -0.1) is 0 Å². The first-order valence-electron chi connectivity index (χ1n) is 14.7. The SMILES string of the molecule is CC(C)CCCC(C)[C@H]1CCC2CC3C(CCC4C3CC[C@H]3CC(=O)CC[C@]43C)C[C@@]21C. The van der Waals surface area contributed by atoms with E-state index in [1.54, 1.807) is 12.8 Å². The Morgan fingerprint density at radius 3 is 2.44 bits per heavy atom. The van der Waals surface area contributed by atoms with E-state index < -0.39 is 0 Å². The highest BCUT2D eigenvalue weighted by Crippen LogP contribution is 2.67. The molecular formula is C31H52O. The molecule has 0 N–H and O–H groups in total. The van der Waals surface area contributed by atoms with Crippen molar-refractivity contribution in [3.63, 3.8) is 0 Å². The minimum atomic E-state index is 0.478. The van der Waals surface area contributed by atoms with Crippen LogP contribution in [0, 0.1) is 64.1 Å². The minimum Gasteiger partial charge on any atom is -0.300 e. The number of fused-ring (bicyclic) bond motifs is 6. The molecule has 5 saturated carbocycles. The van der Waals surface area contributed by atoms with Crippen LogP contribution in [0.3, 0.4) is 0 Å². The first-order chi connectivity index (χ1) is 15.2. The maximum absolute atomic E-state index is 12.2. The lowest BCUT2D eigenvalue weighted by atomic mass is 9.43. The number of carbonyl (C=O) groups excluding carboxylic acids is 1. The van der Waals surface area contributed by atoms with Crippen LogP contribution >= 0.6 is 0 Å². The normalized spacial score (nSPS) is 49.2. The van der Waals surface area contributed by atoms with E-state index in [0.717, 1.165) is 60.2 Å². The predicted octanol–water partition coefficient (Wildman–Crippen LogP) is 8.70. The molecule has 0 aromatic rings. The highest BCUT2D eigenvalue weighted by Gasteiger charge is 2.59. The zero-order valence-corrected chi connectivity index (χ0v) is 22.0. The summed E-state index contributed by atoms with van der Waals surface area (Å²) in [5.74, 6) is 8.95. The molecule has 0 spiro atoms. The minimum absolute atomic E-state index is 0.478. The third-order valence-corrected chi connectivity index (χ3v) is 12.6. The van der Waals surface area contributed by atoms with Crippen LogP contribution in [0.25, 0.3) is 0 Å². The van der Waals surface area contributed by atoms with Crippen LogP contribution in [0.15, 0.2) is 0 Å². The maximum atomic E-state index is 12.2. The van der Waals surface area contributed by atoms with Gasteiger partial charge in [0.25, 0.3) is 0 Å². The fraction of sp³-hybridized carbons (Fsp3) is 0.968. The van der Waals surface area contributed by atoms with E-state index in [2.05, 4.69) is 34.6 Å². The molecule has 0 heterocycles. The van der Waals surface area contributed by atoms with Gasteiger partial charge in [-0.1, -0.05) is 53.9 Å².